The molecule has 3 heterocycles. The van der Waals surface area contributed by atoms with Crippen molar-refractivity contribution in [3.8, 4) is 0 Å². The molecule has 4 rings (SSSR count). The van der Waals surface area contributed by atoms with E-state index in [2.05, 4.69) is 35.9 Å². The molecule has 0 N–H and O–H groups in total. The van der Waals surface area contributed by atoms with Crippen LogP contribution < -0.4 is 0 Å². The fourth-order valence-electron chi connectivity index (χ4n) is 3.46. The lowest BCUT2D eigenvalue weighted by Gasteiger charge is -2.19. The molecule has 0 unspecified atom stereocenters. The van der Waals surface area contributed by atoms with E-state index in [1.54, 1.807) is 24.2 Å². The van der Waals surface area contributed by atoms with Gasteiger partial charge < -0.3 is 9.42 Å². The molecule has 1 aliphatic carbocycles. The van der Waals surface area contributed by atoms with Crippen molar-refractivity contribution in [2.75, 3.05) is 7.05 Å². The van der Waals surface area contributed by atoms with Gasteiger partial charge in [-0.15, -0.1) is 0 Å². The molecular weight excluding hydrogens is 388 g/mol. The van der Waals surface area contributed by atoms with Gasteiger partial charge in [-0.05, 0) is 42.4 Å². The molecule has 1 aliphatic rings. The molecule has 0 atom stereocenters. The van der Waals surface area contributed by atoms with Crippen molar-refractivity contribution < 1.29 is 9.32 Å². The van der Waals surface area contributed by atoms with Crippen LogP contribution in [0, 0.1) is 5.41 Å². The SMILES string of the molecule is CN(Cc1ccc(Cl)nc1)C(=O)c1cc(C2CC2)nc2onc(CC(C)(C)C)c12. The van der Waals surface area contributed by atoms with Crippen molar-refractivity contribution in [1.82, 2.24) is 20.0 Å². The highest BCUT2D eigenvalue weighted by molar-refractivity contribution is 6.29. The predicted molar refractivity (Wildman–Crippen MR) is 112 cm³/mol. The van der Waals surface area contributed by atoms with Crippen LogP contribution in [0.25, 0.3) is 11.1 Å². The van der Waals surface area contributed by atoms with Crippen molar-refractivity contribution in [3.63, 3.8) is 0 Å². The van der Waals surface area contributed by atoms with Crippen LogP contribution >= 0.6 is 11.6 Å². The summed E-state index contributed by atoms with van der Waals surface area (Å²) in [7, 11) is 1.79. The van der Waals surface area contributed by atoms with Crippen LogP contribution in [0.1, 0.15) is 66.8 Å². The molecule has 1 saturated carbocycles. The second kappa shape index (κ2) is 7.41. The molecule has 6 nitrogen and oxygen atoms in total. The Kier molecular flexibility index (Phi) is 5.07. The standard InChI is InChI=1S/C22H25ClN4O2/c1-22(2,3)10-17-19-15(9-16(14-6-7-14)25-20(19)29-26-17)21(28)27(4)12-13-5-8-18(23)24-11-13/h5,8-9,11,14H,6-7,10,12H2,1-4H3. The van der Waals surface area contributed by atoms with E-state index in [9.17, 15) is 4.79 Å². The molecule has 1 fully saturated rings. The van der Waals surface area contributed by atoms with E-state index in [1.807, 2.05) is 12.1 Å². The Labute approximate surface area is 175 Å². The Morgan fingerprint density at radius 2 is 2.07 bits per heavy atom. The number of nitrogens with zero attached hydrogens (tertiary/aromatic N) is 4. The van der Waals surface area contributed by atoms with Gasteiger partial charge in [0, 0.05) is 31.4 Å². The summed E-state index contributed by atoms with van der Waals surface area (Å²) >= 11 is 5.87. The normalized spacial score (nSPS) is 14.4. The molecule has 0 bridgehead atoms. The van der Waals surface area contributed by atoms with Gasteiger partial charge in [-0.1, -0.05) is 43.6 Å². The zero-order valence-corrected chi connectivity index (χ0v) is 18.0. The first-order valence-electron chi connectivity index (χ1n) is 9.86. The summed E-state index contributed by atoms with van der Waals surface area (Å²) in [5.74, 6) is 0.334. The van der Waals surface area contributed by atoms with Crippen molar-refractivity contribution in [2.24, 2.45) is 5.41 Å². The molecular formula is C22H25ClN4O2. The number of pyridine rings is 2. The van der Waals surface area contributed by atoms with Gasteiger partial charge in [-0.25, -0.2) is 9.97 Å². The van der Waals surface area contributed by atoms with Gasteiger partial charge in [0.15, 0.2) is 0 Å². The smallest absolute Gasteiger partial charge is 0.259 e. The van der Waals surface area contributed by atoms with E-state index in [0.29, 0.717) is 35.3 Å². The number of amides is 1. The molecule has 3 aromatic heterocycles. The summed E-state index contributed by atoms with van der Waals surface area (Å²) in [5.41, 5.74) is 3.70. The number of hydrogen-bond donors (Lipinski definition) is 0. The molecule has 0 radical (unpaired) electrons. The maximum absolute atomic E-state index is 13.4. The molecule has 152 valence electrons. The Morgan fingerprint density at radius 1 is 1.31 bits per heavy atom. The quantitative estimate of drug-likeness (QED) is 0.551. The van der Waals surface area contributed by atoms with Crippen LogP contribution in [0.3, 0.4) is 0 Å². The van der Waals surface area contributed by atoms with Crippen molar-refractivity contribution >= 4 is 28.6 Å². The maximum atomic E-state index is 13.4. The lowest BCUT2D eigenvalue weighted by Crippen LogP contribution is -2.27. The molecule has 0 aliphatic heterocycles. The predicted octanol–water partition coefficient (Wildman–Crippen LogP) is 5.01. The van der Waals surface area contributed by atoms with Crippen LogP contribution in [0.2, 0.25) is 5.15 Å². The zero-order valence-electron chi connectivity index (χ0n) is 17.2. The van der Waals surface area contributed by atoms with Gasteiger partial charge in [0.25, 0.3) is 11.6 Å². The first-order valence-corrected chi connectivity index (χ1v) is 10.2. The molecule has 7 heteroatoms. The van der Waals surface area contributed by atoms with Gasteiger partial charge >= 0.3 is 0 Å². The Bertz CT molecular complexity index is 1050. The number of carbonyl (C=O) groups excluding carboxylic acids is 1. The molecule has 0 aromatic carbocycles. The van der Waals surface area contributed by atoms with Crippen molar-refractivity contribution in [3.05, 3.63) is 52.1 Å². The highest BCUT2D eigenvalue weighted by atomic mass is 35.5. The first-order chi connectivity index (χ1) is 13.7. The van der Waals surface area contributed by atoms with Gasteiger partial charge in [0.05, 0.1) is 16.6 Å². The Morgan fingerprint density at radius 3 is 2.69 bits per heavy atom. The number of hydrogen-bond acceptors (Lipinski definition) is 5. The summed E-state index contributed by atoms with van der Waals surface area (Å²) in [6.07, 6.45) is 4.59. The highest BCUT2D eigenvalue weighted by Gasteiger charge is 2.30. The van der Waals surface area contributed by atoms with Crippen LogP contribution in [0.4, 0.5) is 0 Å². The third kappa shape index (κ3) is 4.42. The molecule has 1 amide bonds. The second-order valence-electron chi connectivity index (χ2n) is 9.07. The minimum absolute atomic E-state index is 0.0141. The molecule has 29 heavy (non-hydrogen) atoms. The summed E-state index contributed by atoms with van der Waals surface area (Å²) < 4.78 is 5.56. The number of carbonyl (C=O) groups is 1. The average molecular weight is 413 g/mol. The van der Waals surface area contributed by atoms with Crippen LogP contribution in [0.5, 0.6) is 0 Å². The molecule has 0 saturated heterocycles. The van der Waals surface area contributed by atoms with E-state index in [-0.39, 0.29) is 11.3 Å². The second-order valence-corrected chi connectivity index (χ2v) is 9.45. The molecule has 3 aromatic rings. The van der Waals surface area contributed by atoms with Gasteiger partial charge in [0.2, 0.25) is 0 Å². The molecule has 0 spiro atoms. The largest absolute Gasteiger partial charge is 0.337 e. The maximum Gasteiger partial charge on any atom is 0.259 e. The van der Waals surface area contributed by atoms with E-state index in [1.165, 1.54) is 0 Å². The number of fused-ring (bicyclic) bond motifs is 1. The topological polar surface area (TPSA) is 72.1 Å². The number of aromatic nitrogens is 3. The minimum atomic E-state index is -0.0763. The van der Waals surface area contributed by atoms with E-state index < -0.39 is 0 Å². The fourth-order valence-corrected chi connectivity index (χ4v) is 3.57. The summed E-state index contributed by atoms with van der Waals surface area (Å²) in [6.45, 7) is 6.85. The van der Waals surface area contributed by atoms with Crippen molar-refractivity contribution in [2.45, 2.75) is 52.5 Å². The van der Waals surface area contributed by atoms with Gasteiger partial charge in [0.1, 0.15) is 5.15 Å². The van der Waals surface area contributed by atoms with Gasteiger partial charge in [-0.3, -0.25) is 4.79 Å². The van der Waals surface area contributed by atoms with Crippen molar-refractivity contribution in [1.29, 1.82) is 0 Å². The summed E-state index contributed by atoms with van der Waals surface area (Å²) in [6, 6.07) is 5.54. The van der Waals surface area contributed by atoms with E-state index >= 15 is 0 Å². The summed E-state index contributed by atoms with van der Waals surface area (Å²) in [5, 5.41) is 5.43. The van der Waals surface area contributed by atoms with Crippen LogP contribution in [0.15, 0.2) is 28.9 Å². The number of rotatable bonds is 5. The third-order valence-corrected chi connectivity index (χ3v) is 5.24. The first kappa shape index (κ1) is 19.8. The van der Waals surface area contributed by atoms with Crippen LogP contribution in [-0.2, 0) is 13.0 Å². The average Bonchev–Trinajstić information content (AvgIpc) is 3.44. The minimum Gasteiger partial charge on any atom is -0.337 e. The third-order valence-electron chi connectivity index (χ3n) is 5.02. The van der Waals surface area contributed by atoms with E-state index in [4.69, 9.17) is 16.1 Å². The summed E-state index contributed by atoms with van der Waals surface area (Å²) in [4.78, 5) is 23.9. The van der Waals surface area contributed by atoms with Gasteiger partial charge in [-0.2, -0.15) is 0 Å². The number of halogens is 1. The Hall–Kier alpha value is -2.47. The monoisotopic (exact) mass is 412 g/mol. The zero-order chi connectivity index (χ0) is 20.8. The fraction of sp³-hybridized carbons (Fsp3) is 0.455. The lowest BCUT2D eigenvalue weighted by molar-refractivity contribution is 0.0786. The Balaban J connectivity index is 1.72. The van der Waals surface area contributed by atoms with E-state index in [0.717, 1.165) is 35.2 Å². The highest BCUT2D eigenvalue weighted by Crippen LogP contribution is 2.41. The lowest BCUT2D eigenvalue weighted by atomic mass is 9.89. The van der Waals surface area contributed by atoms with Crippen LogP contribution in [-0.4, -0.2) is 33.0 Å².